The number of ether oxygens (including phenoxy) is 2. The first-order valence-electron chi connectivity index (χ1n) is 6.89. The van der Waals surface area contributed by atoms with E-state index in [9.17, 15) is 0 Å². The number of aliphatic hydroxyl groups is 1. The van der Waals surface area contributed by atoms with Crippen LogP contribution in [0.2, 0.25) is 0 Å². The van der Waals surface area contributed by atoms with Crippen LogP contribution in [-0.2, 0) is 9.47 Å². The number of likely N-dealkylation sites (tertiary alicyclic amines) is 1. The van der Waals surface area contributed by atoms with E-state index >= 15 is 0 Å². The molecule has 1 unspecified atom stereocenters. The van der Waals surface area contributed by atoms with Crippen LogP contribution in [0.3, 0.4) is 0 Å². The van der Waals surface area contributed by atoms with Crippen LogP contribution in [0, 0.1) is 0 Å². The Kier molecular flexibility index (Phi) is 7.77. The highest BCUT2D eigenvalue weighted by Gasteiger charge is 2.26. The fraction of sp³-hybridized carbons (Fsp3) is 1.00. The average Bonchev–Trinajstić information content (AvgIpc) is 2.74. The lowest BCUT2D eigenvalue weighted by Gasteiger charge is -2.28. The molecule has 1 rings (SSSR count). The standard InChI is InChI=1S/C13H27NO3/c1-3-16-13(17-4-2)11-14-9-5-7-12(14)8-6-10-15/h12-13,15H,3-11H2,1-2H3. The van der Waals surface area contributed by atoms with E-state index in [-0.39, 0.29) is 6.29 Å². The molecule has 1 N–H and O–H groups in total. The minimum atomic E-state index is -0.0975. The van der Waals surface area contributed by atoms with Gasteiger partial charge in [-0.1, -0.05) is 0 Å². The Morgan fingerprint density at radius 3 is 2.59 bits per heavy atom. The Labute approximate surface area is 105 Å². The van der Waals surface area contributed by atoms with Gasteiger partial charge in [-0.25, -0.2) is 0 Å². The van der Waals surface area contributed by atoms with E-state index in [1.54, 1.807) is 0 Å². The number of hydrogen-bond donors (Lipinski definition) is 1. The fourth-order valence-corrected chi connectivity index (χ4v) is 2.51. The van der Waals surface area contributed by atoms with Gasteiger partial charge in [-0.15, -0.1) is 0 Å². The van der Waals surface area contributed by atoms with Crippen LogP contribution in [0.1, 0.15) is 39.5 Å². The Hall–Kier alpha value is -0.160. The van der Waals surface area contributed by atoms with E-state index < -0.39 is 0 Å². The largest absolute Gasteiger partial charge is 0.396 e. The summed E-state index contributed by atoms with van der Waals surface area (Å²) in [5, 5.41) is 8.90. The quantitative estimate of drug-likeness (QED) is 0.627. The van der Waals surface area contributed by atoms with Crippen LogP contribution >= 0.6 is 0 Å². The maximum absolute atomic E-state index is 8.90. The summed E-state index contributed by atoms with van der Waals surface area (Å²) in [5.74, 6) is 0. The molecular formula is C13H27NO3. The third-order valence-electron chi connectivity index (χ3n) is 3.28. The average molecular weight is 245 g/mol. The van der Waals surface area contributed by atoms with Crippen molar-refractivity contribution >= 4 is 0 Å². The molecule has 0 aromatic rings. The van der Waals surface area contributed by atoms with Gasteiger partial charge >= 0.3 is 0 Å². The molecule has 1 fully saturated rings. The molecule has 1 heterocycles. The highest BCUT2D eigenvalue weighted by Crippen LogP contribution is 2.21. The molecule has 4 heteroatoms. The number of nitrogens with zero attached hydrogens (tertiary/aromatic N) is 1. The van der Waals surface area contributed by atoms with Crippen molar-refractivity contribution in [3.8, 4) is 0 Å². The van der Waals surface area contributed by atoms with Crippen molar-refractivity contribution in [2.24, 2.45) is 0 Å². The van der Waals surface area contributed by atoms with Crippen molar-refractivity contribution < 1.29 is 14.6 Å². The molecule has 0 radical (unpaired) electrons. The molecule has 17 heavy (non-hydrogen) atoms. The van der Waals surface area contributed by atoms with E-state index in [0.29, 0.717) is 25.9 Å². The van der Waals surface area contributed by atoms with Gasteiger partial charge in [0.2, 0.25) is 0 Å². The summed E-state index contributed by atoms with van der Waals surface area (Å²) in [4.78, 5) is 2.45. The first kappa shape index (κ1) is 14.9. The van der Waals surface area contributed by atoms with Gasteiger partial charge < -0.3 is 14.6 Å². The molecule has 102 valence electrons. The minimum absolute atomic E-state index is 0.0975. The predicted molar refractivity (Wildman–Crippen MR) is 68.0 cm³/mol. The van der Waals surface area contributed by atoms with Gasteiger partial charge in [-0.2, -0.15) is 0 Å². The Morgan fingerprint density at radius 1 is 1.29 bits per heavy atom. The second-order valence-corrected chi connectivity index (χ2v) is 4.50. The van der Waals surface area contributed by atoms with Crippen LogP contribution in [0.15, 0.2) is 0 Å². The zero-order valence-electron chi connectivity index (χ0n) is 11.2. The van der Waals surface area contributed by atoms with Crippen LogP contribution in [-0.4, -0.2) is 55.2 Å². The maximum atomic E-state index is 8.90. The molecule has 0 aromatic heterocycles. The summed E-state index contributed by atoms with van der Waals surface area (Å²) >= 11 is 0. The van der Waals surface area contributed by atoms with Crippen LogP contribution < -0.4 is 0 Å². The molecule has 0 spiro atoms. The SMILES string of the molecule is CCOC(CN1CCCC1CCCO)OCC. The molecule has 0 aliphatic carbocycles. The maximum Gasteiger partial charge on any atom is 0.170 e. The summed E-state index contributed by atoms with van der Waals surface area (Å²) in [6, 6.07) is 0.602. The van der Waals surface area contributed by atoms with Gasteiger partial charge in [0.25, 0.3) is 0 Å². The van der Waals surface area contributed by atoms with Crippen molar-refractivity contribution in [1.82, 2.24) is 4.90 Å². The second-order valence-electron chi connectivity index (χ2n) is 4.50. The molecule has 1 aliphatic heterocycles. The van der Waals surface area contributed by atoms with Crippen LogP contribution in [0.25, 0.3) is 0 Å². The van der Waals surface area contributed by atoms with Gasteiger partial charge in [0.05, 0.1) is 0 Å². The summed E-state index contributed by atoms with van der Waals surface area (Å²) in [6.45, 7) is 7.67. The third kappa shape index (κ3) is 5.34. The van der Waals surface area contributed by atoms with E-state index in [1.165, 1.54) is 12.8 Å². The van der Waals surface area contributed by atoms with E-state index in [2.05, 4.69) is 4.90 Å². The molecule has 0 aromatic carbocycles. The predicted octanol–water partition coefficient (Wildman–Crippen LogP) is 1.62. The van der Waals surface area contributed by atoms with Crippen molar-refractivity contribution in [2.75, 3.05) is 32.9 Å². The molecule has 0 amide bonds. The summed E-state index contributed by atoms with van der Waals surface area (Å²) < 4.78 is 11.2. The molecule has 1 atom stereocenters. The fourth-order valence-electron chi connectivity index (χ4n) is 2.51. The Bertz CT molecular complexity index is 184. The minimum Gasteiger partial charge on any atom is -0.396 e. The van der Waals surface area contributed by atoms with Gasteiger partial charge in [0.1, 0.15) is 0 Å². The molecular weight excluding hydrogens is 218 g/mol. The lowest BCUT2D eigenvalue weighted by Crippen LogP contribution is -2.38. The summed E-state index contributed by atoms with van der Waals surface area (Å²) in [6.07, 6.45) is 4.38. The number of hydrogen-bond acceptors (Lipinski definition) is 4. The highest BCUT2D eigenvalue weighted by atomic mass is 16.7. The molecule has 4 nitrogen and oxygen atoms in total. The van der Waals surface area contributed by atoms with Crippen molar-refractivity contribution in [3.63, 3.8) is 0 Å². The van der Waals surface area contributed by atoms with Crippen LogP contribution in [0.4, 0.5) is 0 Å². The second kappa shape index (κ2) is 8.86. The van der Waals surface area contributed by atoms with Gasteiger partial charge in [0.15, 0.2) is 6.29 Å². The van der Waals surface area contributed by atoms with E-state index in [0.717, 1.165) is 25.9 Å². The van der Waals surface area contributed by atoms with Crippen molar-refractivity contribution in [1.29, 1.82) is 0 Å². The normalized spacial score (nSPS) is 21.5. The summed E-state index contributed by atoms with van der Waals surface area (Å²) in [5.41, 5.74) is 0. The highest BCUT2D eigenvalue weighted by molar-refractivity contribution is 4.79. The molecule has 1 aliphatic rings. The lowest BCUT2D eigenvalue weighted by atomic mass is 10.1. The lowest BCUT2D eigenvalue weighted by molar-refractivity contribution is -0.148. The van der Waals surface area contributed by atoms with Gasteiger partial charge in [0, 0.05) is 32.4 Å². The topological polar surface area (TPSA) is 41.9 Å². The summed E-state index contributed by atoms with van der Waals surface area (Å²) in [7, 11) is 0. The van der Waals surface area contributed by atoms with Crippen molar-refractivity contribution in [3.05, 3.63) is 0 Å². The first-order valence-corrected chi connectivity index (χ1v) is 6.89. The molecule has 0 saturated carbocycles. The molecule has 1 saturated heterocycles. The molecule has 0 bridgehead atoms. The Balaban J connectivity index is 2.35. The Morgan fingerprint density at radius 2 is 2.00 bits per heavy atom. The number of aliphatic hydroxyl groups excluding tert-OH is 1. The zero-order chi connectivity index (χ0) is 12.5. The van der Waals surface area contributed by atoms with E-state index in [1.807, 2.05) is 13.8 Å². The monoisotopic (exact) mass is 245 g/mol. The smallest absolute Gasteiger partial charge is 0.170 e. The third-order valence-corrected chi connectivity index (χ3v) is 3.28. The number of rotatable bonds is 9. The van der Waals surface area contributed by atoms with Crippen molar-refractivity contribution in [2.45, 2.75) is 51.9 Å². The van der Waals surface area contributed by atoms with Gasteiger partial charge in [-0.3, -0.25) is 4.90 Å². The van der Waals surface area contributed by atoms with Gasteiger partial charge in [-0.05, 0) is 46.1 Å². The van der Waals surface area contributed by atoms with E-state index in [4.69, 9.17) is 14.6 Å². The zero-order valence-corrected chi connectivity index (χ0v) is 11.2. The first-order chi connectivity index (χ1) is 8.31. The van der Waals surface area contributed by atoms with Crippen LogP contribution in [0.5, 0.6) is 0 Å².